The van der Waals surface area contributed by atoms with Crippen molar-refractivity contribution in [2.24, 2.45) is 0 Å². The summed E-state index contributed by atoms with van der Waals surface area (Å²) in [6, 6.07) is 19.6. The van der Waals surface area contributed by atoms with E-state index in [1.54, 1.807) is 47.4 Å². The van der Waals surface area contributed by atoms with Crippen LogP contribution >= 0.6 is 39.0 Å². The van der Waals surface area contributed by atoms with E-state index in [9.17, 15) is 14.4 Å². The number of ether oxygens (including phenoxy) is 1. The molecule has 0 radical (unpaired) electrons. The molecule has 0 bridgehead atoms. The van der Waals surface area contributed by atoms with Gasteiger partial charge in [-0.15, -0.1) is 11.3 Å². The first-order valence-corrected chi connectivity index (χ1v) is 14.2. The van der Waals surface area contributed by atoms with Gasteiger partial charge < -0.3 is 15.0 Å². The van der Waals surface area contributed by atoms with Crippen molar-refractivity contribution in [3.05, 3.63) is 87.9 Å². The number of thioether (sulfide) groups is 1. The summed E-state index contributed by atoms with van der Waals surface area (Å²) in [4.78, 5) is 45.0. The van der Waals surface area contributed by atoms with Gasteiger partial charge in [0.1, 0.15) is 0 Å². The Balaban J connectivity index is 1.27. The van der Waals surface area contributed by atoms with Crippen LogP contribution in [0.25, 0.3) is 10.2 Å². The first-order valence-electron chi connectivity index (χ1n) is 11.6. The van der Waals surface area contributed by atoms with Crippen molar-refractivity contribution in [2.75, 3.05) is 37.4 Å². The normalized spacial score (nSPS) is 13.5. The Morgan fingerprint density at radius 3 is 2.49 bits per heavy atom. The summed E-state index contributed by atoms with van der Waals surface area (Å²) in [6.45, 7) is 2.00. The lowest BCUT2D eigenvalue weighted by atomic mass is 10.0. The Hall–Kier alpha value is -3.05. The number of halogens is 1. The number of nitrogens with zero attached hydrogens (tertiary/aromatic N) is 2. The third-order valence-corrected chi connectivity index (χ3v) is 8.51. The summed E-state index contributed by atoms with van der Waals surface area (Å²) >= 11 is 6.24. The number of rotatable bonds is 7. The third-order valence-electron chi connectivity index (χ3n) is 5.82. The molecule has 2 amide bonds. The number of fused-ring (bicyclic) bond motifs is 1. The average molecular weight is 597 g/mol. The zero-order valence-corrected chi connectivity index (χ0v) is 22.8. The number of morpholine rings is 1. The number of amides is 2. The predicted molar refractivity (Wildman–Crippen MR) is 150 cm³/mol. The fraction of sp³-hybridized carbons (Fsp3) is 0.185. The van der Waals surface area contributed by atoms with Crippen LogP contribution in [-0.4, -0.2) is 59.5 Å². The van der Waals surface area contributed by atoms with Crippen molar-refractivity contribution in [2.45, 2.75) is 4.34 Å². The monoisotopic (exact) mass is 595 g/mol. The van der Waals surface area contributed by atoms with Crippen LogP contribution in [-0.2, 0) is 4.74 Å². The van der Waals surface area contributed by atoms with Gasteiger partial charge in [0.15, 0.2) is 10.1 Å². The maximum Gasteiger partial charge on any atom is 0.256 e. The van der Waals surface area contributed by atoms with Crippen molar-refractivity contribution in [1.29, 1.82) is 0 Å². The van der Waals surface area contributed by atoms with Gasteiger partial charge >= 0.3 is 0 Å². The summed E-state index contributed by atoms with van der Waals surface area (Å²) in [5, 5.41) is 2.91. The van der Waals surface area contributed by atoms with Gasteiger partial charge in [0.2, 0.25) is 0 Å². The first-order chi connectivity index (χ1) is 18.0. The number of carbonyl (C=O) groups excluding carboxylic acids is 3. The van der Waals surface area contributed by atoms with Crippen LogP contribution in [0.1, 0.15) is 31.1 Å². The number of anilines is 1. The van der Waals surface area contributed by atoms with E-state index in [-0.39, 0.29) is 17.6 Å². The third kappa shape index (κ3) is 6.10. The van der Waals surface area contributed by atoms with Crippen molar-refractivity contribution in [3.8, 4) is 0 Å². The Bertz CT molecular complexity index is 1470. The van der Waals surface area contributed by atoms with Crippen LogP contribution < -0.4 is 5.32 Å². The molecule has 188 valence electrons. The molecule has 0 spiro atoms. The van der Waals surface area contributed by atoms with Crippen LogP contribution in [0.2, 0.25) is 0 Å². The molecule has 10 heteroatoms. The van der Waals surface area contributed by atoms with E-state index in [1.807, 2.05) is 24.3 Å². The minimum absolute atomic E-state index is 0.0370. The molecule has 37 heavy (non-hydrogen) atoms. The SMILES string of the molecule is O=C(CSc1nc2ccc(NC(=O)c3ccccc3C(=O)N3CCOCC3)cc2s1)c1ccc(Br)cc1. The quantitative estimate of drug-likeness (QED) is 0.216. The van der Waals surface area contributed by atoms with E-state index >= 15 is 0 Å². The fourth-order valence-corrected chi connectivity index (χ4v) is 6.16. The molecule has 0 aliphatic carbocycles. The van der Waals surface area contributed by atoms with Crippen LogP contribution in [0.4, 0.5) is 5.69 Å². The lowest BCUT2D eigenvalue weighted by molar-refractivity contribution is 0.0302. The van der Waals surface area contributed by atoms with E-state index in [0.717, 1.165) is 19.0 Å². The lowest BCUT2D eigenvalue weighted by Crippen LogP contribution is -2.41. The minimum atomic E-state index is -0.351. The van der Waals surface area contributed by atoms with Crippen molar-refractivity contribution < 1.29 is 19.1 Å². The highest BCUT2D eigenvalue weighted by atomic mass is 79.9. The van der Waals surface area contributed by atoms with E-state index in [4.69, 9.17) is 4.74 Å². The predicted octanol–water partition coefficient (Wildman–Crippen LogP) is 5.76. The van der Waals surface area contributed by atoms with Gasteiger partial charge in [-0.05, 0) is 42.5 Å². The van der Waals surface area contributed by atoms with E-state index in [0.29, 0.717) is 54.4 Å². The molecule has 5 rings (SSSR count). The maximum atomic E-state index is 13.1. The molecule has 1 N–H and O–H groups in total. The summed E-state index contributed by atoms with van der Waals surface area (Å²) in [7, 11) is 0. The lowest BCUT2D eigenvalue weighted by Gasteiger charge is -2.27. The number of thiazole rings is 1. The fourth-order valence-electron chi connectivity index (χ4n) is 3.89. The number of ketones is 1. The Morgan fingerprint density at radius 2 is 1.73 bits per heavy atom. The Labute approximate surface area is 230 Å². The number of aromatic nitrogens is 1. The molecular weight excluding hydrogens is 574 g/mol. The molecule has 0 atom stereocenters. The van der Waals surface area contributed by atoms with E-state index < -0.39 is 0 Å². The molecule has 1 aliphatic heterocycles. The second kappa shape index (κ2) is 11.6. The second-order valence-corrected chi connectivity index (χ2v) is 11.5. The molecule has 0 saturated carbocycles. The molecule has 1 fully saturated rings. The molecular formula is C27H22BrN3O4S2. The number of hydrogen-bond acceptors (Lipinski definition) is 7. The number of carbonyl (C=O) groups is 3. The highest BCUT2D eigenvalue weighted by molar-refractivity contribution is 9.10. The van der Waals surface area contributed by atoms with Crippen molar-refractivity contribution in [1.82, 2.24) is 9.88 Å². The summed E-state index contributed by atoms with van der Waals surface area (Å²) in [5.74, 6) is -0.198. The van der Waals surface area contributed by atoms with Crippen LogP contribution in [0.3, 0.4) is 0 Å². The zero-order chi connectivity index (χ0) is 25.8. The average Bonchev–Trinajstić information content (AvgIpc) is 3.34. The molecule has 4 aromatic rings. The molecule has 3 aromatic carbocycles. The number of Topliss-reactive ketones (excluding diaryl/α,β-unsaturated/α-hetero) is 1. The van der Waals surface area contributed by atoms with Crippen LogP contribution in [0, 0.1) is 0 Å². The minimum Gasteiger partial charge on any atom is -0.378 e. The standard InChI is InChI=1S/C27H22BrN3O4S2/c28-18-7-5-17(6-8-18)23(32)16-36-27-30-22-10-9-19(15-24(22)37-27)29-25(33)20-3-1-2-4-21(20)26(34)31-11-13-35-14-12-31/h1-10,15H,11-14,16H2,(H,29,33). The smallest absolute Gasteiger partial charge is 0.256 e. The molecule has 1 aromatic heterocycles. The molecule has 2 heterocycles. The van der Waals surface area contributed by atoms with Gasteiger partial charge in [0.25, 0.3) is 11.8 Å². The molecule has 7 nitrogen and oxygen atoms in total. The Morgan fingerprint density at radius 1 is 1.00 bits per heavy atom. The van der Waals surface area contributed by atoms with Crippen LogP contribution in [0.5, 0.6) is 0 Å². The maximum absolute atomic E-state index is 13.1. The second-order valence-electron chi connectivity index (χ2n) is 8.29. The number of benzene rings is 3. The highest BCUT2D eigenvalue weighted by Gasteiger charge is 2.23. The summed E-state index contributed by atoms with van der Waals surface area (Å²) in [6.07, 6.45) is 0. The Kier molecular flexibility index (Phi) is 7.99. The summed E-state index contributed by atoms with van der Waals surface area (Å²) < 4.78 is 7.94. The van der Waals surface area contributed by atoms with E-state index in [2.05, 4.69) is 26.2 Å². The van der Waals surface area contributed by atoms with Gasteiger partial charge in [-0.2, -0.15) is 0 Å². The van der Waals surface area contributed by atoms with Crippen molar-refractivity contribution >= 4 is 72.5 Å². The van der Waals surface area contributed by atoms with Crippen LogP contribution in [0.15, 0.2) is 75.5 Å². The van der Waals surface area contributed by atoms with Gasteiger partial charge in [0.05, 0.1) is 40.3 Å². The van der Waals surface area contributed by atoms with Gasteiger partial charge in [0, 0.05) is 28.8 Å². The van der Waals surface area contributed by atoms with E-state index in [1.165, 1.54) is 23.1 Å². The summed E-state index contributed by atoms with van der Waals surface area (Å²) in [5.41, 5.74) is 2.76. The molecule has 0 unspecified atom stereocenters. The first kappa shape index (κ1) is 25.6. The topological polar surface area (TPSA) is 88.6 Å². The number of hydrogen-bond donors (Lipinski definition) is 1. The molecule has 1 saturated heterocycles. The molecule has 1 aliphatic rings. The van der Waals surface area contributed by atoms with Gasteiger partial charge in [-0.1, -0.05) is 52.0 Å². The number of nitrogens with one attached hydrogen (secondary N) is 1. The van der Waals surface area contributed by atoms with Gasteiger partial charge in [-0.3, -0.25) is 14.4 Å². The zero-order valence-electron chi connectivity index (χ0n) is 19.6. The largest absolute Gasteiger partial charge is 0.378 e. The van der Waals surface area contributed by atoms with Crippen molar-refractivity contribution in [3.63, 3.8) is 0 Å². The van der Waals surface area contributed by atoms with Gasteiger partial charge in [-0.25, -0.2) is 4.98 Å². The highest BCUT2D eigenvalue weighted by Crippen LogP contribution is 2.32.